The fourth-order valence-corrected chi connectivity index (χ4v) is 2.31. The summed E-state index contributed by atoms with van der Waals surface area (Å²) in [6.45, 7) is 10.8. The van der Waals surface area contributed by atoms with E-state index in [1.807, 2.05) is 45.0 Å². The van der Waals surface area contributed by atoms with E-state index >= 15 is 0 Å². The van der Waals surface area contributed by atoms with Crippen molar-refractivity contribution in [3.8, 4) is 0 Å². The van der Waals surface area contributed by atoms with Crippen molar-refractivity contribution < 1.29 is 9.53 Å². The van der Waals surface area contributed by atoms with Crippen LogP contribution in [0.25, 0.3) is 0 Å². The van der Waals surface area contributed by atoms with Crippen LogP contribution < -0.4 is 10.2 Å². The molecule has 1 atom stereocenters. The summed E-state index contributed by atoms with van der Waals surface area (Å²) in [7, 11) is 0. The molecule has 1 N–H and O–H groups in total. The van der Waals surface area contributed by atoms with Gasteiger partial charge in [0.15, 0.2) is 0 Å². The number of benzene rings is 1. The van der Waals surface area contributed by atoms with Crippen LogP contribution >= 0.6 is 0 Å². The number of ether oxygens (including phenoxy) is 1. The number of nitrogens with zero attached hydrogens (tertiary/aromatic N) is 1. The van der Waals surface area contributed by atoms with Crippen LogP contribution in [0.15, 0.2) is 24.3 Å². The van der Waals surface area contributed by atoms with Crippen LogP contribution in [0.5, 0.6) is 0 Å². The van der Waals surface area contributed by atoms with Gasteiger partial charge in [0, 0.05) is 31.4 Å². The van der Waals surface area contributed by atoms with Crippen molar-refractivity contribution in [3.05, 3.63) is 29.8 Å². The SMILES string of the molecule is CC1CN(c2ccc(C(=O)OC(C)(C)C)cc2)CCN1. The number of carbonyl (C=O) groups excluding carboxylic acids is 1. The lowest BCUT2D eigenvalue weighted by Gasteiger charge is -2.33. The van der Waals surface area contributed by atoms with Gasteiger partial charge in [-0.1, -0.05) is 0 Å². The second-order valence-corrected chi connectivity index (χ2v) is 6.35. The van der Waals surface area contributed by atoms with E-state index in [-0.39, 0.29) is 5.97 Å². The van der Waals surface area contributed by atoms with Gasteiger partial charge in [0.05, 0.1) is 5.56 Å². The Morgan fingerprint density at radius 1 is 1.30 bits per heavy atom. The highest BCUT2D eigenvalue weighted by molar-refractivity contribution is 5.90. The Kier molecular flexibility index (Phi) is 4.33. The van der Waals surface area contributed by atoms with E-state index in [1.54, 1.807) is 0 Å². The molecule has 0 bridgehead atoms. The molecule has 0 saturated carbocycles. The van der Waals surface area contributed by atoms with Crippen molar-refractivity contribution in [2.75, 3.05) is 24.5 Å². The Balaban J connectivity index is 2.04. The summed E-state index contributed by atoms with van der Waals surface area (Å²) >= 11 is 0. The van der Waals surface area contributed by atoms with Crippen molar-refractivity contribution in [2.24, 2.45) is 0 Å². The minimum absolute atomic E-state index is 0.266. The summed E-state index contributed by atoms with van der Waals surface area (Å²) in [4.78, 5) is 14.3. The number of carbonyl (C=O) groups is 1. The molecule has 20 heavy (non-hydrogen) atoms. The highest BCUT2D eigenvalue weighted by Gasteiger charge is 2.19. The molecular weight excluding hydrogens is 252 g/mol. The highest BCUT2D eigenvalue weighted by atomic mass is 16.6. The predicted octanol–water partition coefficient (Wildman–Crippen LogP) is 2.44. The van der Waals surface area contributed by atoms with Crippen LogP contribution in [-0.4, -0.2) is 37.2 Å². The summed E-state index contributed by atoms with van der Waals surface area (Å²) in [5.41, 5.74) is 1.31. The number of hydrogen-bond acceptors (Lipinski definition) is 4. The summed E-state index contributed by atoms with van der Waals surface area (Å²) in [5, 5.41) is 3.42. The molecule has 0 aromatic heterocycles. The van der Waals surface area contributed by atoms with Crippen LogP contribution in [0, 0.1) is 0 Å². The zero-order valence-corrected chi connectivity index (χ0v) is 12.8. The summed E-state index contributed by atoms with van der Waals surface area (Å²) in [5.74, 6) is -0.266. The van der Waals surface area contributed by atoms with E-state index < -0.39 is 5.60 Å². The Morgan fingerprint density at radius 2 is 1.95 bits per heavy atom. The molecule has 1 saturated heterocycles. The smallest absolute Gasteiger partial charge is 0.338 e. The van der Waals surface area contributed by atoms with Gasteiger partial charge in [-0.3, -0.25) is 0 Å². The second-order valence-electron chi connectivity index (χ2n) is 6.35. The minimum atomic E-state index is -0.455. The van der Waals surface area contributed by atoms with E-state index in [1.165, 1.54) is 0 Å². The van der Waals surface area contributed by atoms with Gasteiger partial charge < -0.3 is 15.0 Å². The lowest BCUT2D eigenvalue weighted by molar-refractivity contribution is 0.00696. The Labute approximate surface area is 121 Å². The van der Waals surface area contributed by atoms with E-state index in [0.717, 1.165) is 25.3 Å². The van der Waals surface area contributed by atoms with Crippen LogP contribution in [-0.2, 0) is 4.74 Å². The second kappa shape index (κ2) is 5.83. The molecular formula is C16H24N2O2. The number of anilines is 1. The fraction of sp³-hybridized carbons (Fsp3) is 0.562. The van der Waals surface area contributed by atoms with Crippen molar-refractivity contribution in [3.63, 3.8) is 0 Å². The lowest BCUT2D eigenvalue weighted by Crippen LogP contribution is -2.49. The van der Waals surface area contributed by atoms with Crippen LogP contribution in [0.1, 0.15) is 38.1 Å². The Morgan fingerprint density at radius 3 is 2.50 bits per heavy atom. The molecule has 1 aromatic rings. The first-order valence-corrected chi connectivity index (χ1v) is 7.17. The molecule has 1 fully saturated rings. The largest absolute Gasteiger partial charge is 0.456 e. The third-order valence-electron chi connectivity index (χ3n) is 3.24. The van der Waals surface area contributed by atoms with E-state index in [2.05, 4.69) is 17.1 Å². The highest BCUT2D eigenvalue weighted by Crippen LogP contribution is 2.19. The number of hydrogen-bond donors (Lipinski definition) is 1. The van der Waals surface area contributed by atoms with Crippen molar-refractivity contribution in [1.29, 1.82) is 0 Å². The number of piperazine rings is 1. The summed E-state index contributed by atoms with van der Waals surface area (Å²) in [6, 6.07) is 8.18. The van der Waals surface area contributed by atoms with Gasteiger partial charge in [-0.15, -0.1) is 0 Å². The molecule has 110 valence electrons. The molecule has 0 amide bonds. The van der Waals surface area contributed by atoms with Crippen LogP contribution in [0.4, 0.5) is 5.69 Å². The lowest BCUT2D eigenvalue weighted by atomic mass is 10.1. The summed E-state index contributed by atoms with van der Waals surface area (Å²) in [6.07, 6.45) is 0. The average molecular weight is 276 g/mol. The Hall–Kier alpha value is -1.55. The molecule has 4 heteroatoms. The molecule has 0 aliphatic carbocycles. The Bertz CT molecular complexity index is 462. The fourth-order valence-electron chi connectivity index (χ4n) is 2.31. The summed E-state index contributed by atoms with van der Waals surface area (Å²) < 4.78 is 5.36. The van der Waals surface area contributed by atoms with Crippen LogP contribution in [0.3, 0.4) is 0 Å². The maximum absolute atomic E-state index is 12.0. The first-order valence-electron chi connectivity index (χ1n) is 7.17. The number of rotatable bonds is 2. The van der Waals surface area contributed by atoms with E-state index in [9.17, 15) is 4.79 Å². The van der Waals surface area contributed by atoms with Gasteiger partial charge in [0.25, 0.3) is 0 Å². The minimum Gasteiger partial charge on any atom is -0.456 e. The maximum Gasteiger partial charge on any atom is 0.338 e. The number of nitrogens with one attached hydrogen (secondary N) is 1. The topological polar surface area (TPSA) is 41.6 Å². The molecule has 2 rings (SSSR count). The maximum atomic E-state index is 12.0. The molecule has 1 aliphatic rings. The standard InChI is InChI=1S/C16H24N2O2/c1-12-11-18(10-9-17-12)14-7-5-13(6-8-14)15(19)20-16(2,3)4/h5-8,12,17H,9-11H2,1-4H3. The van der Waals surface area contributed by atoms with E-state index in [4.69, 9.17) is 4.74 Å². The molecule has 1 heterocycles. The van der Waals surface area contributed by atoms with Gasteiger partial charge >= 0.3 is 5.97 Å². The van der Waals surface area contributed by atoms with Gasteiger partial charge in [-0.05, 0) is 52.0 Å². The van der Waals surface area contributed by atoms with Gasteiger partial charge in [0.2, 0.25) is 0 Å². The zero-order chi connectivity index (χ0) is 14.8. The van der Waals surface area contributed by atoms with E-state index in [0.29, 0.717) is 11.6 Å². The monoisotopic (exact) mass is 276 g/mol. The molecule has 1 aliphatic heterocycles. The van der Waals surface area contributed by atoms with Crippen molar-refractivity contribution in [1.82, 2.24) is 5.32 Å². The zero-order valence-electron chi connectivity index (χ0n) is 12.8. The van der Waals surface area contributed by atoms with Gasteiger partial charge in [-0.25, -0.2) is 4.79 Å². The van der Waals surface area contributed by atoms with Gasteiger partial charge in [-0.2, -0.15) is 0 Å². The van der Waals surface area contributed by atoms with Crippen LogP contribution in [0.2, 0.25) is 0 Å². The molecule has 1 unspecified atom stereocenters. The first kappa shape index (κ1) is 14.9. The molecule has 0 spiro atoms. The molecule has 4 nitrogen and oxygen atoms in total. The molecule has 0 radical (unpaired) electrons. The normalized spacial score (nSPS) is 19.8. The quantitative estimate of drug-likeness (QED) is 0.842. The average Bonchev–Trinajstić information content (AvgIpc) is 2.37. The van der Waals surface area contributed by atoms with Crippen molar-refractivity contribution >= 4 is 11.7 Å². The predicted molar refractivity (Wildman–Crippen MR) is 81.3 cm³/mol. The van der Waals surface area contributed by atoms with Crippen molar-refractivity contribution in [2.45, 2.75) is 39.3 Å². The molecule has 1 aromatic carbocycles. The third kappa shape index (κ3) is 3.97. The number of esters is 1. The first-order chi connectivity index (χ1) is 9.35. The van der Waals surface area contributed by atoms with Gasteiger partial charge in [0.1, 0.15) is 5.60 Å². The third-order valence-corrected chi connectivity index (χ3v) is 3.24.